The maximum Gasteiger partial charge on any atom is 0.398 e. The van der Waals surface area contributed by atoms with Crippen LogP contribution in [0.25, 0.3) is 0 Å². The molecule has 1 aromatic rings. The van der Waals surface area contributed by atoms with Crippen LogP contribution in [0.5, 0.6) is 0 Å². The van der Waals surface area contributed by atoms with Gasteiger partial charge in [0.15, 0.2) is 5.69 Å². The van der Waals surface area contributed by atoms with E-state index in [2.05, 4.69) is 10.4 Å². The van der Waals surface area contributed by atoms with Crippen molar-refractivity contribution in [1.29, 1.82) is 0 Å². The van der Waals surface area contributed by atoms with Crippen molar-refractivity contribution in [2.45, 2.75) is 18.6 Å². The molecule has 2 rings (SSSR count). The summed E-state index contributed by atoms with van der Waals surface area (Å²) in [4.78, 5) is 11.1. The Kier molecular flexibility index (Phi) is 2.61. The van der Waals surface area contributed by atoms with Crippen molar-refractivity contribution >= 4 is 5.91 Å². The van der Waals surface area contributed by atoms with Crippen molar-refractivity contribution in [3.8, 4) is 0 Å². The van der Waals surface area contributed by atoms with Crippen molar-refractivity contribution in [2.24, 2.45) is 12.8 Å². The van der Waals surface area contributed by atoms with Crippen molar-refractivity contribution in [3.63, 3.8) is 0 Å². The maximum atomic E-state index is 12.8. The Labute approximate surface area is 94.8 Å². The smallest absolute Gasteiger partial charge is 0.364 e. The summed E-state index contributed by atoms with van der Waals surface area (Å²) in [6.45, 7) is -0.0394. The minimum atomic E-state index is -4.37. The lowest BCUT2D eigenvalue weighted by Crippen LogP contribution is -2.37. The zero-order valence-electron chi connectivity index (χ0n) is 9.01. The second kappa shape index (κ2) is 3.73. The number of nitrogens with zero attached hydrogens (tertiary/aromatic N) is 2. The van der Waals surface area contributed by atoms with E-state index < -0.39 is 18.0 Å². The molecule has 0 aliphatic carbocycles. The molecule has 0 spiro atoms. The predicted molar refractivity (Wildman–Crippen MR) is 52.2 cm³/mol. The van der Waals surface area contributed by atoms with Crippen LogP contribution in [0.15, 0.2) is 0 Å². The average molecular weight is 248 g/mol. The number of rotatable bonds is 1. The molecule has 94 valence electrons. The van der Waals surface area contributed by atoms with E-state index in [1.165, 1.54) is 7.05 Å². The lowest BCUT2D eigenvalue weighted by molar-refractivity contribution is -0.152. The van der Waals surface area contributed by atoms with Crippen molar-refractivity contribution in [1.82, 2.24) is 15.1 Å². The number of aryl methyl sites for hydroxylation is 1. The van der Waals surface area contributed by atoms with Gasteiger partial charge in [-0.3, -0.25) is 9.48 Å². The van der Waals surface area contributed by atoms with E-state index in [0.717, 1.165) is 4.68 Å². The maximum absolute atomic E-state index is 12.8. The molecule has 1 aliphatic heterocycles. The van der Waals surface area contributed by atoms with E-state index in [4.69, 9.17) is 5.73 Å². The molecule has 1 aromatic heterocycles. The number of hydrogen-bond acceptors (Lipinski definition) is 3. The summed E-state index contributed by atoms with van der Waals surface area (Å²) in [5.41, 5.74) is 5.25. The Morgan fingerprint density at radius 1 is 1.59 bits per heavy atom. The third-order valence-electron chi connectivity index (χ3n) is 2.80. The molecule has 0 bridgehead atoms. The first-order valence-corrected chi connectivity index (χ1v) is 4.95. The van der Waals surface area contributed by atoms with Crippen LogP contribution < -0.4 is 11.1 Å². The molecule has 8 heteroatoms. The van der Waals surface area contributed by atoms with Gasteiger partial charge in [0, 0.05) is 25.7 Å². The van der Waals surface area contributed by atoms with Crippen LogP contribution >= 0.6 is 0 Å². The lowest BCUT2D eigenvalue weighted by atomic mass is 9.95. The molecule has 0 saturated carbocycles. The molecule has 0 fully saturated rings. The highest BCUT2D eigenvalue weighted by molar-refractivity contribution is 5.92. The minimum absolute atomic E-state index is 0.0186. The van der Waals surface area contributed by atoms with Crippen LogP contribution in [0.2, 0.25) is 0 Å². The van der Waals surface area contributed by atoms with E-state index in [1.54, 1.807) is 0 Å². The number of carbonyl (C=O) groups excluding carboxylic acids is 1. The quantitative estimate of drug-likeness (QED) is 0.749. The van der Waals surface area contributed by atoms with Crippen LogP contribution in [0.4, 0.5) is 13.2 Å². The number of nitrogens with two attached hydrogens (primary N) is 1. The molecule has 1 aliphatic rings. The number of halogens is 3. The molecule has 0 aromatic carbocycles. The SMILES string of the molecule is Cn1nc(C(N)=O)c2c1C(C(F)(F)F)CNC2. The van der Waals surface area contributed by atoms with Gasteiger partial charge in [-0.1, -0.05) is 0 Å². The Hall–Kier alpha value is -1.57. The molecule has 0 saturated heterocycles. The van der Waals surface area contributed by atoms with E-state index in [-0.39, 0.29) is 30.0 Å². The minimum Gasteiger partial charge on any atom is -0.364 e. The van der Waals surface area contributed by atoms with Crippen LogP contribution in [0, 0.1) is 0 Å². The lowest BCUT2D eigenvalue weighted by Gasteiger charge is -2.26. The summed E-state index contributed by atoms with van der Waals surface area (Å²) in [6.07, 6.45) is -4.37. The molecule has 0 radical (unpaired) electrons. The molecule has 5 nitrogen and oxygen atoms in total. The Morgan fingerprint density at radius 3 is 2.76 bits per heavy atom. The van der Waals surface area contributed by atoms with Crippen molar-refractivity contribution in [3.05, 3.63) is 17.0 Å². The highest BCUT2D eigenvalue weighted by Gasteiger charge is 2.46. The topological polar surface area (TPSA) is 72.9 Å². The number of hydrogen-bond donors (Lipinski definition) is 2. The van der Waals surface area contributed by atoms with E-state index in [0.29, 0.717) is 0 Å². The summed E-state index contributed by atoms with van der Waals surface area (Å²) in [5, 5.41) is 6.38. The standard InChI is InChI=1S/C9H11F3N4O/c1-16-7-4(6(15-16)8(13)17)2-14-3-5(7)9(10,11)12/h5,14H,2-3H2,1H3,(H2,13,17). The van der Waals surface area contributed by atoms with Crippen molar-refractivity contribution < 1.29 is 18.0 Å². The zero-order valence-corrected chi connectivity index (χ0v) is 9.01. The molecule has 2 heterocycles. The predicted octanol–water partition coefficient (Wildman–Crippen LogP) is 0.268. The Bertz CT molecular complexity index is 466. The number of primary amides is 1. The Morgan fingerprint density at radius 2 is 2.24 bits per heavy atom. The van der Waals surface area contributed by atoms with Gasteiger partial charge in [-0.25, -0.2) is 0 Å². The van der Waals surface area contributed by atoms with Gasteiger partial charge in [0.05, 0.1) is 5.69 Å². The van der Waals surface area contributed by atoms with Gasteiger partial charge in [0.25, 0.3) is 5.91 Å². The molecule has 1 amide bonds. The van der Waals surface area contributed by atoms with Crippen LogP contribution in [-0.2, 0) is 13.6 Å². The van der Waals surface area contributed by atoms with E-state index in [9.17, 15) is 18.0 Å². The normalized spacial score (nSPS) is 20.1. The first kappa shape index (κ1) is 11.9. The first-order chi connectivity index (χ1) is 7.82. The number of aromatic nitrogens is 2. The van der Waals surface area contributed by atoms with Crippen LogP contribution in [-0.4, -0.2) is 28.4 Å². The highest BCUT2D eigenvalue weighted by atomic mass is 19.4. The van der Waals surface area contributed by atoms with E-state index >= 15 is 0 Å². The first-order valence-electron chi connectivity index (χ1n) is 4.95. The number of amides is 1. The highest BCUT2D eigenvalue weighted by Crippen LogP contribution is 2.38. The Balaban J connectivity index is 2.56. The third-order valence-corrected chi connectivity index (χ3v) is 2.80. The molecule has 1 unspecified atom stereocenters. The largest absolute Gasteiger partial charge is 0.398 e. The number of alkyl halides is 3. The fraction of sp³-hybridized carbons (Fsp3) is 0.556. The van der Waals surface area contributed by atoms with Crippen LogP contribution in [0.1, 0.15) is 27.7 Å². The number of carbonyl (C=O) groups is 1. The second-order valence-corrected chi connectivity index (χ2v) is 3.93. The van der Waals surface area contributed by atoms with Gasteiger partial charge in [-0.15, -0.1) is 0 Å². The van der Waals surface area contributed by atoms with Gasteiger partial charge < -0.3 is 11.1 Å². The summed E-state index contributed by atoms with van der Waals surface area (Å²) >= 11 is 0. The number of nitrogens with one attached hydrogen (secondary N) is 1. The van der Waals surface area contributed by atoms with E-state index in [1.807, 2.05) is 0 Å². The van der Waals surface area contributed by atoms with Gasteiger partial charge in [-0.2, -0.15) is 18.3 Å². The van der Waals surface area contributed by atoms with Gasteiger partial charge >= 0.3 is 6.18 Å². The molecule has 1 atom stereocenters. The summed E-state index contributed by atoms with van der Waals surface area (Å²) in [7, 11) is 1.38. The van der Waals surface area contributed by atoms with Gasteiger partial charge in [0.1, 0.15) is 5.92 Å². The summed E-state index contributed by atoms with van der Waals surface area (Å²) in [5.74, 6) is -2.47. The molecule has 3 N–H and O–H groups in total. The average Bonchev–Trinajstić information content (AvgIpc) is 2.55. The fourth-order valence-corrected chi connectivity index (χ4v) is 2.10. The second-order valence-electron chi connectivity index (χ2n) is 3.93. The molecular weight excluding hydrogens is 237 g/mol. The van der Waals surface area contributed by atoms with Crippen molar-refractivity contribution in [2.75, 3.05) is 6.54 Å². The molecule has 17 heavy (non-hydrogen) atoms. The van der Waals surface area contributed by atoms with Gasteiger partial charge in [-0.05, 0) is 0 Å². The van der Waals surface area contributed by atoms with Gasteiger partial charge in [0.2, 0.25) is 0 Å². The third kappa shape index (κ3) is 1.88. The zero-order chi connectivity index (χ0) is 12.8. The van der Waals surface area contributed by atoms with Crippen LogP contribution in [0.3, 0.4) is 0 Å². The number of fused-ring (bicyclic) bond motifs is 1. The summed E-state index contributed by atoms with van der Waals surface area (Å²) < 4.78 is 39.5. The monoisotopic (exact) mass is 248 g/mol. The summed E-state index contributed by atoms with van der Waals surface area (Å²) in [6, 6.07) is 0. The fourth-order valence-electron chi connectivity index (χ4n) is 2.10. The molecular formula is C9H11F3N4O.